The number of hydrogen-bond acceptors (Lipinski definition) is 4. The molecule has 0 saturated carbocycles. The number of carboxylic acids is 1. The van der Waals surface area contributed by atoms with Crippen molar-refractivity contribution in [3.8, 4) is 0 Å². The van der Waals surface area contributed by atoms with Gasteiger partial charge < -0.3 is 10.4 Å². The van der Waals surface area contributed by atoms with Crippen molar-refractivity contribution >= 4 is 38.4 Å². The molecule has 0 aliphatic carbocycles. The van der Waals surface area contributed by atoms with Crippen LogP contribution in [0.25, 0.3) is 10.2 Å². The monoisotopic (exact) mass is 290 g/mol. The molecule has 1 amide bonds. The highest BCUT2D eigenvalue weighted by atomic mass is 32.1. The van der Waals surface area contributed by atoms with E-state index in [1.54, 1.807) is 5.32 Å². The third-order valence-electron chi connectivity index (χ3n) is 2.14. The first kappa shape index (κ1) is 13.3. The summed E-state index contributed by atoms with van der Waals surface area (Å²) in [4.78, 5) is 25.7. The highest BCUT2D eigenvalue weighted by molar-refractivity contribution is 7.23. The SMILES string of the molecule is O=C(O)c1c(NC(=O)C(F)(F)F)sc2cccnc12. The average Bonchev–Trinajstić information content (AvgIpc) is 2.65. The Balaban J connectivity index is 2.51. The maximum absolute atomic E-state index is 12.2. The minimum atomic E-state index is -5.08. The molecule has 0 saturated heterocycles. The van der Waals surface area contributed by atoms with Crippen molar-refractivity contribution in [2.45, 2.75) is 6.18 Å². The molecule has 0 unspecified atom stereocenters. The Hall–Kier alpha value is -2.16. The van der Waals surface area contributed by atoms with E-state index in [0.29, 0.717) is 4.70 Å². The lowest BCUT2D eigenvalue weighted by Gasteiger charge is -2.06. The first-order valence-corrected chi connectivity index (χ1v) is 5.61. The van der Waals surface area contributed by atoms with Crippen LogP contribution in [-0.2, 0) is 4.79 Å². The molecule has 19 heavy (non-hydrogen) atoms. The summed E-state index contributed by atoms with van der Waals surface area (Å²) in [6.45, 7) is 0. The van der Waals surface area contributed by atoms with Gasteiger partial charge in [-0.25, -0.2) is 4.79 Å². The number of hydrogen-bond donors (Lipinski definition) is 2. The number of aromatic nitrogens is 1. The molecule has 0 atom stereocenters. The number of amides is 1. The van der Waals surface area contributed by atoms with Gasteiger partial charge in [-0.3, -0.25) is 9.78 Å². The van der Waals surface area contributed by atoms with Crippen molar-refractivity contribution in [3.63, 3.8) is 0 Å². The van der Waals surface area contributed by atoms with E-state index in [9.17, 15) is 22.8 Å². The van der Waals surface area contributed by atoms with E-state index in [0.717, 1.165) is 11.3 Å². The minimum absolute atomic E-state index is 0.0393. The molecule has 2 aromatic heterocycles. The van der Waals surface area contributed by atoms with Crippen LogP contribution in [0.4, 0.5) is 18.2 Å². The lowest BCUT2D eigenvalue weighted by Crippen LogP contribution is -2.30. The topological polar surface area (TPSA) is 79.3 Å². The Morgan fingerprint density at radius 1 is 1.37 bits per heavy atom. The molecule has 0 aliphatic heterocycles. The molecule has 0 bridgehead atoms. The number of aromatic carboxylic acids is 1. The molecule has 0 aromatic carbocycles. The molecule has 0 fully saturated rings. The van der Waals surface area contributed by atoms with E-state index in [4.69, 9.17) is 5.11 Å². The van der Waals surface area contributed by atoms with Crippen LogP contribution < -0.4 is 5.32 Å². The van der Waals surface area contributed by atoms with Gasteiger partial charge in [-0.15, -0.1) is 11.3 Å². The normalized spacial score (nSPS) is 11.5. The van der Waals surface area contributed by atoms with Crippen LogP contribution in [0.2, 0.25) is 0 Å². The predicted octanol–water partition coefficient (Wildman–Crippen LogP) is 2.50. The average molecular weight is 290 g/mol. The van der Waals surface area contributed by atoms with Crippen molar-refractivity contribution in [1.82, 2.24) is 4.98 Å². The summed E-state index contributed by atoms with van der Waals surface area (Å²) in [5, 5.41) is 10.2. The fraction of sp³-hybridized carbons (Fsp3) is 0.100. The smallest absolute Gasteiger partial charge is 0.471 e. The van der Waals surface area contributed by atoms with Gasteiger partial charge in [-0.05, 0) is 12.1 Å². The van der Waals surface area contributed by atoms with E-state index < -0.39 is 23.6 Å². The molecule has 2 heterocycles. The number of nitrogens with zero attached hydrogens (tertiary/aromatic N) is 1. The fourth-order valence-electron chi connectivity index (χ4n) is 1.39. The number of alkyl halides is 3. The number of carbonyl (C=O) groups excluding carboxylic acids is 1. The summed E-state index contributed by atoms with van der Waals surface area (Å²) < 4.78 is 36.8. The summed E-state index contributed by atoms with van der Waals surface area (Å²) in [5.41, 5.74) is -0.407. The van der Waals surface area contributed by atoms with Crippen LogP contribution >= 0.6 is 11.3 Å². The van der Waals surface area contributed by atoms with E-state index in [1.807, 2.05) is 0 Å². The molecule has 0 spiro atoms. The Kier molecular flexibility index (Phi) is 3.14. The largest absolute Gasteiger partial charge is 0.478 e. The Labute approximate surface area is 107 Å². The number of carboxylic acid groups (broad SMARTS) is 1. The van der Waals surface area contributed by atoms with Crippen LogP contribution in [0.3, 0.4) is 0 Å². The number of halogens is 3. The van der Waals surface area contributed by atoms with E-state index in [-0.39, 0.29) is 10.5 Å². The molecular weight excluding hydrogens is 285 g/mol. The molecule has 2 rings (SSSR count). The second-order valence-corrected chi connectivity index (χ2v) is 4.47. The van der Waals surface area contributed by atoms with Crippen LogP contribution in [0.5, 0.6) is 0 Å². The zero-order valence-corrected chi connectivity index (χ0v) is 9.80. The quantitative estimate of drug-likeness (QED) is 0.890. The number of thiophene rings is 1. The van der Waals surface area contributed by atoms with Crippen LogP contribution in [0.1, 0.15) is 10.4 Å². The number of carbonyl (C=O) groups is 2. The summed E-state index contributed by atoms with van der Waals surface area (Å²) in [7, 11) is 0. The third kappa shape index (κ3) is 2.50. The van der Waals surface area contributed by atoms with Gasteiger partial charge in [-0.1, -0.05) is 0 Å². The molecule has 0 aliphatic rings. The van der Waals surface area contributed by atoms with E-state index in [2.05, 4.69) is 4.98 Å². The van der Waals surface area contributed by atoms with Gasteiger partial charge in [0, 0.05) is 6.20 Å². The van der Waals surface area contributed by atoms with Crippen LogP contribution in [0, 0.1) is 0 Å². The van der Waals surface area contributed by atoms with Gasteiger partial charge in [0.05, 0.1) is 10.2 Å². The van der Waals surface area contributed by atoms with Gasteiger partial charge >= 0.3 is 18.1 Å². The summed E-state index contributed by atoms with van der Waals surface area (Å²) >= 11 is 0.721. The predicted molar refractivity (Wildman–Crippen MR) is 61.3 cm³/mol. The van der Waals surface area contributed by atoms with E-state index >= 15 is 0 Å². The maximum Gasteiger partial charge on any atom is 0.471 e. The lowest BCUT2D eigenvalue weighted by atomic mass is 10.2. The van der Waals surface area contributed by atoms with Gasteiger partial charge in [0.1, 0.15) is 10.6 Å². The third-order valence-corrected chi connectivity index (χ3v) is 3.20. The van der Waals surface area contributed by atoms with Crippen molar-refractivity contribution in [1.29, 1.82) is 0 Å². The van der Waals surface area contributed by atoms with Crippen LogP contribution in [0.15, 0.2) is 18.3 Å². The summed E-state index contributed by atoms with van der Waals surface area (Å²) in [5.74, 6) is -3.68. The number of nitrogens with one attached hydrogen (secondary N) is 1. The zero-order valence-electron chi connectivity index (χ0n) is 8.99. The molecule has 2 aromatic rings. The molecule has 2 N–H and O–H groups in total. The number of rotatable bonds is 2. The standard InChI is InChI=1S/C10H5F3N2O3S/c11-10(12,13)9(18)15-7-5(8(16)17)6-4(19-7)2-1-3-14-6/h1-3H,(H,15,18)(H,16,17). The first-order chi connectivity index (χ1) is 8.80. The maximum atomic E-state index is 12.2. The highest BCUT2D eigenvalue weighted by Gasteiger charge is 2.39. The van der Waals surface area contributed by atoms with Crippen molar-refractivity contribution in [2.75, 3.05) is 5.32 Å². The van der Waals surface area contributed by atoms with Crippen molar-refractivity contribution in [3.05, 3.63) is 23.9 Å². The lowest BCUT2D eigenvalue weighted by molar-refractivity contribution is -0.167. The fourth-order valence-corrected chi connectivity index (χ4v) is 2.44. The van der Waals surface area contributed by atoms with Gasteiger partial charge in [0.15, 0.2) is 0 Å². The minimum Gasteiger partial charge on any atom is -0.478 e. The zero-order chi connectivity index (χ0) is 14.2. The molecule has 100 valence electrons. The first-order valence-electron chi connectivity index (χ1n) is 4.79. The number of pyridine rings is 1. The number of fused-ring (bicyclic) bond motifs is 1. The van der Waals surface area contributed by atoms with Crippen molar-refractivity contribution in [2.24, 2.45) is 0 Å². The van der Waals surface area contributed by atoms with Gasteiger partial charge in [0.2, 0.25) is 0 Å². The second-order valence-electron chi connectivity index (χ2n) is 3.41. The number of anilines is 1. The highest BCUT2D eigenvalue weighted by Crippen LogP contribution is 2.35. The summed E-state index contributed by atoms with van der Waals surface area (Å²) in [6.07, 6.45) is -3.77. The Bertz CT molecular complexity index is 666. The van der Waals surface area contributed by atoms with Crippen molar-refractivity contribution < 1.29 is 27.9 Å². The molecule has 9 heteroatoms. The van der Waals surface area contributed by atoms with E-state index in [1.165, 1.54) is 18.3 Å². The second kappa shape index (κ2) is 4.50. The molecular formula is C10H5F3N2O3S. The molecule has 0 radical (unpaired) electrons. The molecule has 5 nitrogen and oxygen atoms in total. The van der Waals surface area contributed by atoms with Gasteiger partial charge in [-0.2, -0.15) is 13.2 Å². The summed E-state index contributed by atoms with van der Waals surface area (Å²) in [6, 6.07) is 3.02. The van der Waals surface area contributed by atoms with Crippen LogP contribution in [-0.4, -0.2) is 28.1 Å². The Morgan fingerprint density at radius 2 is 2.05 bits per heavy atom. The Morgan fingerprint density at radius 3 is 2.63 bits per heavy atom. The van der Waals surface area contributed by atoms with Gasteiger partial charge in [0.25, 0.3) is 0 Å².